The maximum Gasteiger partial charge on any atom is 0.129 e. The largest absolute Gasteiger partial charge is 0.302 e. The Morgan fingerprint density at radius 2 is 1.80 bits per heavy atom. The molecule has 4 heteroatoms. The highest BCUT2D eigenvalue weighted by atomic mass is 35.5. The monoisotopic (exact) mass is 311 g/mol. The van der Waals surface area contributed by atoms with Gasteiger partial charge < -0.3 is 5.32 Å². The summed E-state index contributed by atoms with van der Waals surface area (Å²) in [5.74, 6) is 0.0679. The molecule has 0 radical (unpaired) electrons. The fourth-order valence-electron chi connectivity index (χ4n) is 2.02. The van der Waals surface area contributed by atoms with Gasteiger partial charge in [0.05, 0.1) is 5.54 Å². The molecule has 0 heterocycles. The highest BCUT2D eigenvalue weighted by molar-refractivity contribution is 6.31. The van der Waals surface area contributed by atoms with Crippen LogP contribution in [0.1, 0.15) is 18.1 Å². The molecule has 0 saturated carbocycles. The van der Waals surface area contributed by atoms with Gasteiger partial charge in [0.2, 0.25) is 0 Å². The van der Waals surface area contributed by atoms with Crippen molar-refractivity contribution in [2.45, 2.75) is 19.0 Å². The molecule has 0 fully saturated rings. The Morgan fingerprint density at radius 1 is 1.10 bits per heavy atom. The van der Waals surface area contributed by atoms with E-state index >= 15 is 0 Å². The third-order valence-corrected chi connectivity index (χ3v) is 4.28. The lowest BCUT2D eigenvalue weighted by Crippen LogP contribution is -2.41. The molecule has 0 aromatic heterocycles. The molecular formula is C16H16Cl2FN. The summed E-state index contributed by atoms with van der Waals surface area (Å²) in [4.78, 5) is 0. The van der Waals surface area contributed by atoms with Crippen molar-refractivity contribution in [1.82, 2.24) is 5.32 Å². The Morgan fingerprint density at radius 3 is 2.40 bits per heavy atom. The molecule has 1 N–H and O–H groups in total. The first-order valence-corrected chi connectivity index (χ1v) is 7.27. The lowest BCUT2D eigenvalue weighted by Gasteiger charge is -2.29. The first kappa shape index (κ1) is 15.3. The van der Waals surface area contributed by atoms with E-state index in [0.29, 0.717) is 23.0 Å². The van der Waals surface area contributed by atoms with Crippen LogP contribution in [0.4, 0.5) is 4.39 Å². The number of halogens is 3. The average molecular weight is 312 g/mol. The van der Waals surface area contributed by atoms with Gasteiger partial charge >= 0.3 is 0 Å². The summed E-state index contributed by atoms with van der Waals surface area (Å²) >= 11 is 12.1. The predicted molar refractivity (Wildman–Crippen MR) is 82.8 cm³/mol. The van der Waals surface area contributed by atoms with Crippen molar-refractivity contribution in [2.24, 2.45) is 0 Å². The molecule has 20 heavy (non-hydrogen) atoms. The number of alkyl halides is 1. The molecule has 1 nitrogen and oxygen atoms in total. The Hall–Kier alpha value is -1.09. The second-order valence-corrected chi connectivity index (χ2v) is 5.56. The fraction of sp³-hybridized carbons (Fsp3) is 0.250. The second-order valence-electron chi connectivity index (χ2n) is 4.89. The highest BCUT2D eigenvalue weighted by Gasteiger charge is 2.25. The Balaban J connectivity index is 2.20. The van der Waals surface area contributed by atoms with Gasteiger partial charge in [-0.15, -0.1) is 11.6 Å². The minimum atomic E-state index is -0.436. The van der Waals surface area contributed by atoms with E-state index in [0.717, 1.165) is 5.56 Å². The van der Waals surface area contributed by atoms with Gasteiger partial charge in [0.25, 0.3) is 0 Å². The topological polar surface area (TPSA) is 12.0 Å². The van der Waals surface area contributed by atoms with Gasteiger partial charge in [0.1, 0.15) is 5.82 Å². The number of hydrogen-bond donors (Lipinski definition) is 1. The van der Waals surface area contributed by atoms with Crippen molar-refractivity contribution < 1.29 is 4.39 Å². The van der Waals surface area contributed by atoms with Crippen LogP contribution in [0.2, 0.25) is 5.02 Å². The number of hydrogen-bond acceptors (Lipinski definition) is 1. The molecule has 0 bridgehead atoms. The number of benzene rings is 2. The SMILES string of the molecule is CC(CCl)(NCc1c(F)cccc1Cl)c1ccccc1. The molecule has 106 valence electrons. The van der Waals surface area contributed by atoms with Gasteiger partial charge in [-0.1, -0.05) is 48.0 Å². The van der Waals surface area contributed by atoms with Crippen LogP contribution in [0.25, 0.3) is 0 Å². The minimum absolute atomic E-state index is 0.310. The summed E-state index contributed by atoms with van der Waals surface area (Å²) in [5, 5.41) is 3.72. The summed E-state index contributed by atoms with van der Waals surface area (Å²) < 4.78 is 13.8. The molecule has 2 aromatic rings. The van der Waals surface area contributed by atoms with Crippen LogP contribution in [0.5, 0.6) is 0 Å². The van der Waals surface area contributed by atoms with E-state index in [1.807, 2.05) is 37.3 Å². The summed E-state index contributed by atoms with van der Waals surface area (Å²) in [6.45, 7) is 2.31. The lowest BCUT2D eigenvalue weighted by atomic mass is 9.94. The van der Waals surface area contributed by atoms with E-state index in [1.54, 1.807) is 12.1 Å². The van der Waals surface area contributed by atoms with Crippen molar-refractivity contribution in [1.29, 1.82) is 0 Å². The Labute approximate surface area is 128 Å². The molecule has 0 spiro atoms. The Kier molecular flexibility index (Phi) is 5.03. The molecule has 2 rings (SSSR count). The summed E-state index contributed by atoms with van der Waals surface area (Å²) in [7, 11) is 0. The lowest BCUT2D eigenvalue weighted by molar-refractivity contribution is 0.402. The summed E-state index contributed by atoms with van der Waals surface area (Å²) in [5.41, 5.74) is 1.08. The first-order valence-electron chi connectivity index (χ1n) is 6.36. The molecular weight excluding hydrogens is 296 g/mol. The van der Waals surface area contributed by atoms with Crippen LogP contribution in [0.3, 0.4) is 0 Å². The molecule has 0 aliphatic heterocycles. The zero-order valence-electron chi connectivity index (χ0n) is 11.2. The first-order chi connectivity index (χ1) is 9.57. The van der Waals surface area contributed by atoms with Gasteiger partial charge in [-0.25, -0.2) is 4.39 Å². The zero-order chi connectivity index (χ0) is 14.6. The van der Waals surface area contributed by atoms with E-state index in [1.165, 1.54) is 6.07 Å². The average Bonchev–Trinajstić information content (AvgIpc) is 2.47. The van der Waals surface area contributed by atoms with E-state index in [2.05, 4.69) is 5.32 Å². The van der Waals surface area contributed by atoms with Crippen molar-refractivity contribution in [3.05, 3.63) is 70.5 Å². The normalized spacial score (nSPS) is 14.0. The zero-order valence-corrected chi connectivity index (χ0v) is 12.7. The van der Waals surface area contributed by atoms with E-state index in [-0.39, 0.29) is 5.82 Å². The molecule has 0 aliphatic rings. The molecule has 1 unspecified atom stereocenters. The predicted octanol–water partition coefficient (Wildman–Crippen LogP) is 4.72. The van der Waals surface area contributed by atoms with Crippen molar-refractivity contribution in [2.75, 3.05) is 5.88 Å². The number of rotatable bonds is 5. The van der Waals surface area contributed by atoms with Gasteiger partial charge in [-0.2, -0.15) is 0 Å². The maximum atomic E-state index is 13.8. The highest BCUT2D eigenvalue weighted by Crippen LogP contribution is 2.25. The van der Waals surface area contributed by atoms with Crippen LogP contribution in [0, 0.1) is 5.82 Å². The van der Waals surface area contributed by atoms with Crippen LogP contribution < -0.4 is 5.32 Å². The third kappa shape index (κ3) is 3.32. The smallest absolute Gasteiger partial charge is 0.129 e. The number of nitrogens with one attached hydrogen (secondary N) is 1. The van der Waals surface area contributed by atoms with Crippen LogP contribution in [0.15, 0.2) is 48.5 Å². The Bertz CT molecular complexity index is 554. The molecule has 1 atom stereocenters. The molecule has 2 aromatic carbocycles. The molecule has 0 aliphatic carbocycles. The van der Waals surface area contributed by atoms with Crippen LogP contribution >= 0.6 is 23.2 Å². The van der Waals surface area contributed by atoms with Gasteiger partial charge in [0.15, 0.2) is 0 Å². The van der Waals surface area contributed by atoms with Crippen LogP contribution in [-0.4, -0.2) is 5.88 Å². The van der Waals surface area contributed by atoms with Gasteiger partial charge in [-0.3, -0.25) is 0 Å². The maximum absolute atomic E-state index is 13.8. The summed E-state index contributed by atoms with van der Waals surface area (Å²) in [6.07, 6.45) is 0. The van der Waals surface area contributed by atoms with Crippen molar-refractivity contribution in [3.8, 4) is 0 Å². The van der Waals surface area contributed by atoms with E-state index in [4.69, 9.17) is 23.2 Å². The fourth-order valence-corrected chi connectivity index (χ4v) is 2.50. The minimum Gasteiger partial charge on any atom is -0.302 e. The van der Waals surface area contributed by atoms with E-state index < -0.39 is 5.54 Å². The third-order valence-electron chi connectivity index (χ3n) is 3.40. The molecule has 0 saturated heterocycles. The summed E-state index contributed by atoms with van der Waals surface area (Å²) in [6, 6.07) is 14.5. The van der Waals surface area contributed by atoms with Gasteiger partial charge in [-0.05, 0) is 24.6 Å². The van der Waals surface area contributed by atoms with Crippen LogP contribution in [-0.2, 0) is 12.1 Å². The second kappa shape index (κ2) is 6.57. The standard InChI is InChI=1S/C16H16Cl2FN/c1-16(11-17,12-6-3-2-4-7-12)20-10-13-14(18)8-5-9-15(13)19/h2-9,20H,10-11H2,1H3. The van der Waals surface area contributed by atoms with Crippen molar-refractivity contribution in [3.63, 3.8) is 0 Å². The molecule has 0 amide bonds. The van der Waals surface area contributed by atoms with Crippen molar-refractivity contribution >= 4 is 23.2 Å². The quantitative estimate of drug-likeness (QED) is 0.788. The van der Waals surface area contributed by atoms with Gasteiger partial charge in [0, 0.05) is 23.0 Å². The van der Waals surface area contributed by atoms with E-state index in [9.17, 15) is 4.39 Å².